The molecule has 1 amide bonds. The Morgan fingerprint density at radius 3 is 2.55 bits per heavy atom. The Balaban J connectivity index is 2.23. The normalized spacial score (nSPS) is 15.5. The molecule has 22 heavy (non-hydrogen) atoms. The fourth-order valence-electron chi connectivity index (χ4n) is 2.78. The van der Waals surface area contributed by atoms with E-state index in [2.05, 4.69) is 5.32 Å². The molecule has 0 unspecified atom stereocenters. The quantitative estimate of drug-likeness (QED) is 0.870. The van der Waals surface area contributed by atoms with Gasteiger partial charge < -0.3 is 14.8 Å². The van der Waals surface area contributed by atoms with Gasteiger partial charge in [0, 0.05) is 18.4 Å². The first-order valence-corrected chi connectivity index (χ1v) is 7.50. The van der Waals surface area contributed by atoms with Gasteiger partial charge in [-0.25, -0.2) is 4.79 Å². The van der Waals surface area contributed by atoms with Gasteiger partial charge >= 0.3 is 5.97 Å². The van der Waals surface area contributed by atoms with E-state index >= 15 is 0 Å². The van der Waals surface area contributed by atoms with Gasteiger partial charge in [-0.2, -0.15) is 0 Å². The predicted octanol–water partition coefficient (Wildman–Crippen LogP) is 2.34. The van der Waals surface area contributed by atoms with Gasteiger partial charge in [0.05, 0.1) is 5.56 Å². The molecule has 6 heteroatoms. The van der Waals surface area contributed by atoms with E-state index in [0.717, 1.165) is 0 Å². The van der Waals surface area contributed by atoms with Crippen LogP contribution in [-0.2, 0) is 11.2 Å². The van der Waals surface area contributed by atoms with Crippen molar-refractivity contribution in [3.63, 3.8) is 0 Å². The number of nitrogens with one attached hydrogen (secondary N) is 1. The molecule has 1 aliphatic rings. The van der Waals surface area contributed by atoms with Crippen molar-refractivity contribution in [2.75, 3.05) is 0 Å². The summed E-state index contributed by atoms with van der Waals surface area (Å²) in [5, 5.41) is 11.7. The largest absolute Gasteiger partial charge is 0.480 e. The van der Waals surface area contributed by atoms with E-state index in [1.54, 1.807) is 6.92 Å². The van der Waals surface area contributed by atoms with Gasteiger partial charge in [0.15, 0.2) is 11.5 Å². The first-order valence-electron chi connectivity index (χ1n) is 7.50. The molecule has 0 radical (unpaired) electrons. The standard InChI is InChI=1S/C16H21NO5/c1-8(2)7-10(16(20)21)17-15(19)14-9(3)13-11(18)5-4-6-12(13)22-14/h8,10H,4-7H2,1-3H3,(H,17,19)(H,20,21)/t10-/m1/s1. The van der Waals surface area contributed by atoms with Crippen molar-refractivity contribution in [3.8, 4) is 0 Å². The summed E-state index contributed by atoms with van der Waals surface area (Å²) >= 11 is 0. The van der Waals surface area contributed by atoms with E-state index in [0.29, 0.717) is 42.6 Å². The lowest BCUT2D eigenvalue weighted by Crippen LogP contribution is -2.41. The summed E-state index contributed by atoms with van der Waals surface area (Å²) in [6, 6.07) is -0.968. The summed E-state index contributed by atoms with van der Waals surface area (Å²) in [6.07, 6.45) is 2.13. The van der Waals surface area contributed by atoms with Crippen molar-refractivity contribution in [1.82, 2.24) is 5.32 Å². The van der Waals surface area contributed by atoms with Crippen molar-refractivity contribution >= 4 is 17.7 Å². The van der Waals surface area contributed by atoms with Crippen molar-refractivity contribution in [2.45, 2.75) is 52.5 Å². The highest BCUT2D eigenvalue weighted by molar-refractivity contribution is 6.03. The van der Waals surface area contributed by atoms with E-state index in [1.807, 2.05) is 13.8 Å². The number of furan rings is 1. The van der Waals surface area contributed by atoms with Crippen LogP contribution in [-0.4, -0.2) is 28.8 Å². The Labute approximate surface area is 128 Å². The summed E-state index contributed by atoms with van der Waals surface area (Å²) in [5.74, 6) is -0.947. The minimum atomic E-state index is -1.08. The SMILES string of the molecule is Cc1c(C(=O)N[C@H](CC(C)C)C(=O)O)oc2c1C(=O)CCC2. The number of carbonyl (C=O) groups is 3. The van der Waals surface area contributed by atoms with E-state index in [-0.39, 0.29) is 17.5 Å². The van der Waals surface area contributed by atoms with Gasteiger partial charge in [0.1, 0.15) is 11.8 Å². The average molecular weight is 307 g/mol. The van der Waals surface area contributed by atoms with E-state index in [4.69, 9.17) is 4.42 Å². The summed E-state index contributed by atoms with van der Waals surface area (Å²) in [4.78, 5) is 35.5. The van der Waals surface area contributed by atoms with Crippen LogP contribution >= 0.6 is 0 Å². The molecule has 1 aromatic rings. The predicted molar refractivity (Wildman–Crippen MR) is 79.1 cm³/mol. The fraction of sp³-hybridized carbons (Fsp3) is 0.562. The Bertz CT molecular complexity index is 614. The third kappa shape index (κ3) is 3.21. The second-order valence-corrected chi connectivity index (χ2v) is 6.12. The van der Waals surface area contributed by atoms with Crippen LogP contribution in [0.25, 0.3) is 0 Å². The monoisotopic (exact) mass is 307 g/mol. The number of aryl methyl sites for hydroxylation is 1. The number of Topliss-reactive ketones (excluding diaryl/α,β-unsaturated/α-hetero) is 1. The maximum Gasteiger partial charge on any atom is 0.326 e. The van der Waals surface area contributed by atoms with Gasteiger partial charge in [0.2, 0.25) is 0 Å². The first-order chi connectivity index (χ1) is 10.3. The lowest BCUT2D eigenvalue weighted by atomic mass is 9.94. The van der Waals surface area contributed by atoms with Crippen LogP contribution in [0.3, 0.4) is 0 Å². The first kappa shape index (κ1) is 16.3. The number of hydrogen-bond acceptors (Lipinski definition) is 4. The second-order valence-electron chi connectivity index (χ2n) is 6.12. The molecular formula is C16H21NO5. The number of rotatable bonds is 5. The van der Waals surface area contributed by atoms with E-state index in [9.17, 15) is 19.5 Å². The number of amides is 1. The molecule has 1 atom stereocenters. The van der Waals surface area contributed by atoms with Crippen LogP contribution in [0.5, 0.6) is 0 Å². The van der Waals surface area contributed by atoms with Gasteiger partial charge in [-0.3, -0.25) is 9.59 Å². The number of carboxylic acid groups (broad SMARTS) is 1. The lowest BCUT2D eigenvalue weighted by Gasteiger charge is -2.15. The number of hydrogen-bond donors (Lipinski definition) is 2. The van der Waals surface area contributed by atoms with Crippen LogP contribution in [0, 0.1) is 12.8 Å². The zero-order valence-corrected chi connectivity index (χ0v) is 13.1. The number of carbonyl (C=O) groups excluding carboxylic acids is 2. The van der Waals surface area contributed by atoms with Gasteiger partial charge in [-0.05, 0) is 25.7 Å². The third-order valence-corrected chi connectivity index (χ3v) is 3.82. The number of carboxylic acids is 1. The average Bonchev–Trinajstić information content (AvgIpc) is 2.76. The molecule has 0 fully saturated rings. The maximum atomic E-state index is 12.3. The Morgan fingerprint density at radius 1 is 1.32 bits per heavy atom. The van der Waals surface area contributed by atoms with Crippen molar-refractivity contribution in [3.05, 3.63) is 22.6 Å². The van der Waals surface area contributed by atoms with E-state index < -0.39 is 17.9 Å². The fourth-order valence-corrected chi connectivity index (χ4v) is 2.78. The molecule has 0 saturated carbocycles. The van der Waals surface area contributed by atoms with Crippen LogP contribution in [0.15, 0.2) is 4.42 Å². The summed E-state index contributed by atoms with van der Waals surface area (Å²) in [7, 11) is 0. The second kappa shape index (κ2) is 6.34. The highest BCUT2D eigenvalue weighted by atomic mass is 16.4. The number of aliphatic carboxylic acids is 1. The minimum absolute atomic E-state index is 0.0153. The molecule has 2 rings (SSSR count). The van der Waals surface area contributed by atoms with Crippen molar-refractivity contribution < 1.29 is 23.9 Å². The van der Waals surface area contributed by atoms with Crippen LogP contribution < -0.4 is 5.32 Å². The minimum Gasteiger partial charge on any atom is -0.480 e. The van der Waals surface area contributed by atoms with Crippen molar-refractivity contribution in [1.29, 1.82) is 0 Å². The summed E-state index contributed by atoms with van der Waals surface area (Å²) in [5.41, 5.74) is 0.998. The smallest absolute Gasteiger partial charge is 0.326 e. The van der Waals surface area contributed by atoms with Gasteiger partial charge in [-0.1, -0.05) is 13.8 Å². The van der Waals surface area contributed by atoms with Crippen LogP contribution in [0.1, 0.15) is 65.3 Å². The molecule has 0 spiro atoms. The highest BCUT2D eigenvalue weighted by Crippen LogP contribution is 2.29. The Kier molecular flexibility index (Phi) is 4.68. The summed E-state index contributed by atoms with van der Waals surface area (Å²) < 4.78 is 5.53. The zero-order chi connectivity index (χ0) is 16.4. The van der Waals surface area contributed by atoms with Crippen LogP contribution in [0.2, 0.25) is 0 Å². The molecular weight excluding hydrogens is 286 g/mol. The molecule has 0 bridgehead atoms. The molecule has 0 aromatic carbocycles. The maximum absolute atomic E-state index is 12.3. The molecule has 1 aromatic heterocycles. The topological polar surface area (TPSA) is 96.6 Å². The number of ketones is 1. The number of fused-ring (bicyclic) bond motifs is 1. The van der Waals surface area contributed by atoms with Gasteiger partial charge in [-0.15, -0.1) is 0 Å². The molecule has 6 nitrogen and oxygen atoms in total. The molecule has 0 aliphatic heterocycles. The molecule has 120 valence electrons. The zero-order valence-electron chi connectivity index (χ0n) is 13.1. The highest BCUT2D eigenvalue weighted by Gasteiger charge is 2.30. The van der Waals surface area contributed by atoms with Crippen molar-refractivity contribution in [2.24, 2.45) is 5.92 Å². The van der Waals surface area contributed by atoms with E-state index in [1.165, 1.54) is 0 Å². The molecule has 1 heterocycles. The van der Waals surface area contributed by atoms with Gasteiger partial charge in [0.25, 0.3) is 5.91 Å². The Morgan fingerprint density at radius 2 is 2.00 bits per heavy atom. The molecule has 0 saturated heterocycles. The molecule has 1 aliphatic carbocycles. The molecule has 2 N–H and O–H groups in total. The Hall–Kier alpha value is -2.11. The third-order valence-electron chi connectivity index (χ3n) is 3.82. The lowest BCUT2D eigenvalue weighted by molar-refractivity contribution is -0.139. The summed E-state index contributed by atoms with van der Waals surface area (Å²) in [6.45, 7) is 5.44. The van der Waals surface area contributed by atoms with Crippen LogP contribution in [0.4, 0.5) is 0 Å².